The van der Waals surface area contributed by atoms with Gasteiger partial charge in [0.15, 0.2) is 17.1 Å². The fourth-order valence-corrected chi connectivity index (χ4v) is 4.45. The molecule has 1 fully saturated rings. The van der Waals surface area contributed by atoms with Crippen LogP contribution in [0.4, 0.5) is 4.39 Å². The van der Waals surface area contributed by atoms with Crippen LogP contribution in [0.5, 0.6) is 5.75 Å². The number of halogens is 1. The third kappa shape index (κ3) is 5.95. The van der Waals surface area contributed by atoms with Gasteiger partial charge < -0.3 is 14.6 Å². The van der Waals surface area contributed by atoms with Crippen molar-refractivity contribution in [3.63, 3.8) is 0 Å². The lowest BCUT2D eigenvalue weighted by Crippen LogP contribution is -2.37. The smallest absolute Gasteiger partial charge is 0.230 e. The van der Waals surface area contributed by atoms with Gasteiger partial charge in [-0.3, -0.25) is 4.79 Å². The molecular weight excluding hydrogens is 391 g/mol. The van der Waals surface area contributed by atoms with E-state index in [-0.39, 0.29) is 23.9 Å². The molecule has 1 N–H and O–H groups in total. The number of hydrogen-bond donors (Lipinski definition) is 1. The number of thioether (sulfide) groups is 1. The first-order valence-electron chi connectivity index (χ1n) is 10.2. The Labute approximate surface area is 175 Å². The molecule has 1 amide bonds. The zero-order chi connectivity index (χ0) is 20.8. The van der Waals surface area contributed by atoms with Gasteiger partial charge in [-0.15, -0.1) is 10.2 Å². The van der Waals surface area contributed by atoms with E-state index in [9.17, 15) is 9.18 Å². The molecule has 0 radical (unpaired) electrons. The van der Waals surface area contributed by atoms with Crippen molar-refractivity contribution in [3.8, 4) is 5.75 Å². The zero-order valence-corrected chi connectivity index (χ0v) is 18.0. The fourth-order valence-electron chi connectivity index (χ4n) is 3.57. The topological polar surface area (TPSA) is 69.0 Å². The largest absolute Gasteiger partial charge is 0.483 e. The minimum absolute atomic E-state index is 0.0392. The Hall–Kier alpha value is -2.09. The maximum atomic E-state index is 13.1. The first kappa shape index (κ1) is 21.6. The minimum atomic E-state index is -0.360. The molecule has 1 aliphatic carbocycles. The molecule has 29 heavy (non-hydrogen) atoms. The number of ether oxygens (including phenoxy) is 1. The minimum Gasteiger partial charge on any atom is -0.483 e. The predicted octanol–water partition coefficient (Wildman–Crippen LogP) is 4.68. The quantitative estimate of drug-likeness (QED) is 0.628. The molecule has 0 bridgehead atoms. The van der Waals surface area contributed by atoms with E-state index in [0.717, 1.165) is 12.8 Å². The van der Waals surface area contributed by atoms with Gasteiger partial charge in [-0.2, -0.15) is 0 Å². The van der Waals surface area contributed by atoms with Crippen LogP contribution in [0.1, 0.15) is 70.8 Å². The first-order chi connectivity index (χ1) is 13.9. The number of nitrogens with zero attached hydrogens (tertiary/aromatic N) is 3. The molecular formula is C21H29FN4O2S. The third-order valence-corrected chi connectivity index (χ3v) is 5.94. The van der Waals surface area contributed by atoms with Crippen molar-refractivity contribution in [1.29, 1.82) is 0 Å². The summed E-state index contributed by atoms with van der Waals surface area (Å²) in [6.07, 6.45) is 5.42. The average Bonchev–Trinajstić information content (AvgIpc) is 3.13. The van der Waals surface area contributed by atoms with Gasteiger partial charge in [-0.25, -0.2) is 4.39 Å². The van der Waals surface area contributed by atoms with E-state index in [2.05, 4.69) is 15.5 Å². The summed E-state index contributed by atoms with van der Waals surface area (Å²) in [5.74, 6) is 1.30. The molecule has 8 heteroatoms. The molecule has 0 aliphatic heterocycles. The van der Waals surface area contributed by atoms with Crippen LogP contribution in [0, 0.1) is 5.82 Å². The van der Waals surface area contributed by atoms with Crippen molar-refractivity contribution in [1.82, 2.24) is 20.1 Å². The second-order valence-corrected chi connectivity index (χ2v) is 8.65. The Morgan fingerprint density at radius 2 is 1.90 bits per heavy atom. The monoisotopic (exact) mass is 420 g/mol. The molecule has 158 valence electrons. The van der Waals surface area contributed by atoms with E-state index in [0.29, 0.717) is 28.5 Å². The first-order valence-corrected chi connectivity index (χ1v) is 11.2. The van der Waals surface area contributed by atoms with E-state index in [1.54, 1.807) is 12.1 Å². The van der Waals surface area contributed by atoms with Crippen LogP contribution in [-0.4, -0.2) is 32.5 Å². The number of benzene rings is 1. The number of carbonyl (C=O) groups is 1. The van der Waals surface area contributed by atoms with Crippen LogP contribution in [0.3, 0.4) is 0 Å². The van der Waals surface area contributed by atoms with Crippen LogP contribution >= 0.6 is 11.8 Å². The van der Waals surface area contributed by atoms with Gasteiger partial charge in [0.05, 0.1) is 5.75 Å². The molecule has 1 aliphatic rings. The molecule has 0 spiro atoms. The standard InChI is InChI=1S/C21H29FN4O2S/c1-14(2)26-20(15(3)28-18-11-9-16(22)10-12-18)24-25-21(26)29-13-19(27)23-17-7-5-4-6-8-17/h9-12,14-15,17H,4-8,13H2,1-3H3,(H,23,27). The molecule has 2 aromatic rings. The summed E-state index contributed by atoms with van der Waals surface area (Å²) in [6.45, 7) is 5.98. The van der Waals surface area contributed by atoms with Gasteiger partial charge in [0, 0.05) is 12.1 Å². The maximum Gasteiger partial charge on any atom is 0.230 e. The second kappa shape index (κ2) is 10.1. The van der Waals surface area contributed by atoms with Crippen molar-refractivity contribution in [2.45, 2.75) is 76.2 Å². The normalized spacial score (nSPS) is 16.0. The van der Waals surface area contributed by atoms with Crippen LogP contribution in [0.2, 0.25) is 0 Å². The molecule has 1 heterocycles. The molecule has 1 saturated carbocycles. The summed E-state index contributed by atoms with van der Waals surface area (Å²) in [6, 6.07) is 6.33. The molecule has 1 unspecified atom stereocenters. The summed E-state index contributed by atoms with van der Waals surface area (Å²) in [7, 11) is 0. The van der Waals surface area contributed by atoms with Gasteiger partial charge in [-0.05, 0) is 57.9 Å². The lowest BCUT2D eigenvalue weighted by atomic mass is 9.95. The second-order valence-electron chi connectivity index (χ2n) is 7.71. The van der Waals surface area contributed by atoms with Crippen LogP contribution < -0.4 is 10.1 Å². The van der Waals surface area contributed by atoms with Gasteiger partial charge >= 0.3 is 0 Å². The average molecular weight is 421 g/mol. The van der Waals surface area contributed by atoms with Gasteiger partial charge in [0.25, 0.3) is 0 Å². The van der Waals surface area contributed by atoms with E-state index < -0.39 is 0 Å². The molecule has 0 saturated heterocycles. The summed E-state index contributed by atoms with van der Waals surface area (Å²) in [5, 5.41) is 12.4. The molecule has 1 aromatic heterocycles. The van der Waals surface area contributed by atoms with Crippen molar-refractivity contribution >= 4 is 17.7 Å². The van der Waals surface area contributed by atoms with Gasteiger partial charge in [0.1, 0.15) is 11.6 Å². The van der Waals surface area contributed by atoms with Gasteiger partial charge in [-0.1, -0.05) is 31.0 Å². The number of aromatic nitrogens is 3. The molecule has 3 rings (SSSR count). The number of carbonyl (C=O) groups excluding carboxylic acids is 1. The summed E-state index contributed by atoms with van der Waals surface area (Å²) in [4.78, 5) is 12.3. The third-order valence-electron chi connectivity index (χ3n) is 5.00. The Bertz CT molecular complexity index is 804. The van der Waals surface area contributed by atoms with Crippen LogP contribution in [0.25, 0.3) is 0 Å². The van der Waals surface area contributed by atoms with Crippen LogP contribution in [-0.2, 0) is 4.79 Å². The van der Waals surface area contributed by atoms with E-state index >= 15 is 0 Å². The fraction of sp³-hybridized carbons (Fsp3) is 0.571. The number of rotatable bonds is 8. The SMILES string of the molecule is CC(Oc1ccc(F)cc1)c1nnc(SCC(=O)NC2CCCCC2)n1C(C)C. The van der Waals surface area contributed by atoms with Crippen LogP contribution in [0.15, 0.2) is 29.4 Å². The summed E-state index contributed by atoms with van der Waals surface area (Å²) < 4.78 is 21.0. The lowest BCUT2D eigenvalue weighted by Gasteiger charge is -2.22. The lowest BCUT2D eigenvalue weighted by molar-refractivity contribution is -0.119. The van der Waals surface area contributed by atoms with Crippen molar-refractivity contribution < 1.29 is 13.9 Å². The number of hydrogen-bond acceptors (Lipinski definition) is 5. The summed E-state index contributed by atoms with van der Waals surface area (Å²) in [5.41, 5.74) is 0. The zero-order valence-electron chi connectivity index (χ0n) is 17.2. The van der Waals surface area contributed by atoms with Crippen molar-refractivity contribution in [2.24, 2.45) is 0 Å². The molecule has 1 aromatic carbocycles. The highest BCUT2D eigenvalue weighted by molar-refractivity contribution is 7.99. The number of nitrogens with one attached hydrogen (secondary N) is 1. The maximum absolute atomic E-state index is 13.1. The Morgan fingerprint density at radius 3 is 2.55 bits per heavy atom. The Kier molecular flexibility index (Phi) is 7.52. The number of amides is 1. The Morgan fingerprint density at radius 1 is 1.21 bits per heavy atom. The molecule has 1 atom stereocenters. The van der Waals surface area contributed by atoms with E-state index in [1.807, 2.05) is 25.3 Å². The summed E-state index contributed by atoms with van der Waals surface area (Å²) >= 11 is 1.39. The van der Waals surface area contributed by atoms with Crippen molar-refractivity contribution in [2.75, 3.05) is 5.75 Å². The predicted molar refractivity (Wildman–Crippen MR) is 112 cm³/mol. The highest BCUT2D eigenvalue weighted by Gasteiger charge is 2.23. The van der Waals surface area contributed by atoms with Gasteiger partial charge in [0.2, 0.25) is 5.91 Å². The van der Waals surface area contributed by atoms with E-state index in [4.69, 9.17) is 4.74 Å². The highest BCUT2D eigenvalue weighted by atomic mass is 32.2. The van der Waals surface area contributed by atoms with Crippen molar-refractivity contribution in [3.05, 3.63) is 35.9 Å². The Balaban J connectivity index is 1.63. The highest BCUT2D eigenvalue weighted by Crippen LogP contribution is 2.27. The van der Waals surface area contributed by atoms with E-state index in [1.165, 1.54) is 43.2 Å². The molecule has 6 nitrogen and oxygen atoms in total.